The fourth-order valence-electron chi connectivity index (χ4n) is 2.36. The van der Waals surface area contributed by atoms with E-state index in [1.165, 1.54) is 16.8 Å². The molecule has 2 rings (SSSR count). The molecule has 0 radical (unpaired) electrons. The summed E-state index contributed by atoms with van der Waals surface area (Å²) >= 11 is 0. The first-order valence-electron chi connectivity index (χ1n) is 6.92. The van der Waals surface area contributed by atoms with Gasteiger partial charge in [0.15, 0.2) is 0 Å². The summed E-state index contributed by atoms with van der Waals surface area (Å²) in [5.74, 6) is 0. The average Bonchev–Trinajstić information content (AvgIpc) is 2.67. The minimum absolute atomic E-state index is 0.309. The molecule has 0 fully saturated rings. The van der Waals surface area contributed by atoms with E-state index in [0.717, 1.165) is 18.8 Å². The monoisotopic (exact) mass is 257 g/mol. The van der Waals surface area contributed by atoms with E-state index in [0.29, 0.717) is 6.04 Å². The zero-order valence-electron chi connectivity index (χ0n) is 12.3. The lowest BCUT2D eigenvalue weighted by Crippen LogP contribution is -2.26. The van der Waals surface area contributed by atoms with E-state index >= 15 is 0 Å². The Hall–Kier alpha value is -1.61. The number of aryl methyl sites for hydroxylation is 1. The number of hydrogen-bond acceptors (Lipinski definition) is 2. The van der Waals surface area contributed by atoms with Crippen LogP contribution in [0.3, 0.4) is 0 Å². The summed E-state index contributed by atoms with van der Waals surface area (Å²) in [6.45, 7) is 10.3. The Balaban J connectivity index is 2.24. The van der Waals surface area contributed by atoms with Crippen LogP contribution in [0.15, 0.2) is 30.3 Å². The fraction of sp³-hybridized carbons (Fsp3) is 0.438. The normalized spacial score (nSPS) is 12.6. The van der Waals surface area contributed by atoms with Crippen LogP contribution in [-0.2, 0) is 6.54 Å². The van der Waals surface area contributed by atoms with Crippen molar-refractivity contribution in [3.8, 4) is 0 Å². The van der Waals surface area contributed by atoms with Crippen molar-refractivity contribution in [2.24, 2.45) is 0 Å². The molecule has 0 spiro atoms. The molecule has 0 saturated carbocycles. The van der Waals surface area contributed by atoms with Gasteiger partial charge in [0.1, 0.15) is 0 Å². The van der Waals surface area contributed by atoms with Crippen molar-refractivity contribution in [1.29, 1.82) is 0 Å². The van der Waals surface area contributed by atoms with Gasteiger partial charge in [0, 0.05) is 5.69 Å². The summed E-state index contributed by atoms with van der Waals surface area (Å²) in [4.78, 5) is 0. The van der Waals surface area contributed by atoms with Crippen molar-refractivity contribution in [3.05, 3.63) is 52.8 Å². The van der Waals surface area contributed by atoms with Crippen molar-refractivity contribution in [2.45, 2.75) is 40.3 Å². The van der Waals surface area contributed by atoms with Gasteiger partial charge in [-0.25, -0.2) is 0 Å². The fourth-order valence-corrected chi connectivity index (χ4v) is 2.36. The summed E-state index contributed by atoms with van der Waals surface area (Å²) in [6, 6.07) is 10.9. The third-order valence-corrected chi connectivity index (χ3v) is 3.75. The molecule has 0 saturated heterocycles. The number of nitrogens with zero attached hydrogens (tertiary/aromatic N) is 2. The summed E-state index contributed by atoms with van der Waals surface area (Å²) in [5, 5.41) is 8.18. The lowest BCUT2D eigenvalue weighted by Gasteiger charge is -2.19. The summed E-state index contributed by atoms with van der Waals surface area (Å²) in [7, 11) is 0. The quantitative estimate of drug-likeness (QED) is 0.891. The van der Waals surface area contributed by atoms with Gasteiger partial charge in [-0.3, -0.25) is 4.68 Å². The molecule has 1 unspecified atom stereocenters. The number of benzene rings is 1. The van der Waals surface area contributed by atoms with Crippen molar-refractivity contribution in [1.82, 2.24) is 15.1 Å². The molecule has 3 nitrogen and oxygen atoms in total. The first-order chi connectivity index (χ1) is 9.13. The maximum absolute atomic E-state index is 4.63. The Morgan fingerprint density at radius 3 is 2.37 bits per heavy atom. The second kappa shape index (κ2) is 6.02. The smallest absolute Gasteiger partial charge is 0.0625 e. The number of aromatic nitrogens is 2. The van der Waals surface area contributed by atoms with Crippen LogP contribution in [0.4, 0.5) is 0 Å². The number of nitrogens with one attached hydrogen (secondary N) is 1. The summed E-state index contributed by atoms with van der Waals surface area (Å²) in [5.41, 5.74) is 5.00. The highest BCUT2D eigenvalue weighted by Gasteiger charge is 2.14. The Labute approximate surface area is 115 Å². The molecule has 1 heterocycles. The minimum Gasteiger partial charge on any atom is -0.309 e. The Bertz CT molecular complexity index is 528. The molecule has 0 aliphatic heterocycles. The lowest BCUT2D eigenvalue weighted by molar-refractivity contribution is 0.441. The molecule has 0 amide bonds. The molecule has 1 atom stereocenters. The van der Waals surface area contributed by atoms with E-state index in [-0.39, 0.29) is 0 Å². The van der Waals surface area contributed by atoms with Gasteiger partial charge < -0.3 is 5.32 Å². The number of rotatable bonds is 5. The van der Waals surface area contributed by atoms with Crippen molar-refractivity contribution < 1.29 is 0 Å². The Morgan fingerprint density at radius 1 is 1.16 bits per heavy atom. The van der Waals surface area contributed by atoms with E-state index in [2.05, 4.69) is 73.1 Å². The SMILES string of the molecule is CCNC(Cn1nc(C)c(C)c1C)c1ccccc1. The Kier molecular flexibility index (Phi) is 4.38. The van der Waals surface area contributed by atoms with Crippen LogP contribution < -0.4 is 5.32 Å². The zero-order valence-corrected chi connectivity index (χ0v) is 12.3. The van der Waals surface area contributed by atoms with Crippen LogP contribution >= 0.6 is 0 Å². The third-order valence-electron chi connectivity index (χ3n) is 3.75. The Morgan fingerprint density at radius 2 is 1.84 bits per heavy atom. The van der Waals surface area contributed by atoms with E-state index in [1.54, 1.807) is 0 Å². The van der Waals surface area contributed by atoms with Crippen molar-refractivity contribution in [2.75, 3.05) is 6.54 Å². The van der Waals surface area contributed by atoms with Gasteiger partial charge in [-0.05, 0) is 38.4 Å². The first kappa shape index (κ1) is 13.8. The summed E-state index contributed by atoms with van der Waals surface area (Å²) in [6.07, 6.45) is 0. The molecule has 3 heteroatoms. The highest BCUT2D eigenvalue weighted by atomic mass is 15.3. The van der Waals surface area contributed by atoms with E-state index < -0.39 is 0 Å². The molecule has 0 aliphatic rings. The van der Waals surface area contributed by atoms with Crippen LogP contribution in [0.1, 0.15) is 35.5 Å². The van der Waals surface area contributed by atoms with Gasteiger partial charge >= 0.3 is 0 Å². The molecule has 0 aliphatic carbocycles. The van der Waals surface area contributed by atoms with Gasteiger partial charge in [0.25, 0.3) is 0 Å². The molecular weight excluding hydrogens is 234 g/mol. The summed E-state index contributed by atoms with van der Waals surface area (Å²) < 4.78 is 2.12. The van der Waals surface area contributed by atoms with Crippen LogP contribution in [0.5, 0.6) is 0 Å². The second-order valence-electron chi connectivity index (χ2n) is 5.00. The van der Waals surface area contributed by atoms with Crippen LogP contribution in [-0.4, -0.2) is 16.3 Å². The minimum atomic E-state index is 0.309. The lowest BCUT2D eigenvalue weighted by atomic mass is 10.1. The van der Waals surface area contributed by atoms with Crippen LogP contribution in [0.2, 0.25) is 0 Å². The standard InChI is InChI=1S/C16H23N3/c1-5-17-16(15-9-7-6-8-10-15)11-19-14(4)12(2)13(3)18-19/h6-10,16-17H,5,11H2,1-4H3. The maximum atomic E-state index is 4.63. The molecule has 0 bridgehead atoms. The first-order valence-corrected chi connectivity index (χ1v) is 6.92. The zero-order chi connectivity index (χ0) is 13.8. The number of likely N-dealkylation sites (N-methyl/N-ethyl adjacent to an activating group) is 1. The predicted molar refractivity (Wildman–Crippen MR) is 79.3 cm³/mol. The van der Waals surface area contributed by atoms with Crippen molar-refractivity contribution in [3.63, 3.8) is 0 Å². The second-order valence-corrected chi connectivity index (χ2v) is 5.00. The van der Waals surface area contributed by atoms with E-state index in [1.807, 2.05) is 0 Å². The van der Waals surface area contributed by atoms with Crippen LogP contribution in [0.25, 0.3) is 0 Å². The average molecular weight is 257 g/mol. The van der Waals surface area contributed by atoms with Gasteiger partial charge in [-0.15, -0.1) is 0 Å². The predicted octanol–water partition coefficient (Wildman–Crippen LogP) is 3.16. The molecule has 102 valence electrons. The highest BCUT2D eigenvalue weighted by molar-refractivity contribution is 5.23. The van der Waals surface area contributed by atoms with Gasteiger partial charge in [-0.2, -0.15) is 5.10 Å². The largest absolute Gasteiger partial charge is 0.309 e. The molecule has 2 aromatic rings. The van der Waals surface area contributed by atoms with E-state index in [9.17, 15) is 0 Å². The molecule has 1 aromatic carbocycles. The maximum Gasteiger partial charge on any atom is 0.0625 e. The molecular formula is C16H23N3. The highest BCUT2D eigenvalue weighted by Crippen LogP contribution is 2.18. The molecule has 1 N–H and O–H groups in total. The molecule has 19 heavy (non-hydrogen) atoms. The molecule has 1 aromatic heterocycles. The topological polar surface area (TPSA) is 29.9 Å². The third kappa shape index (κ3) is 3.04. The van der Waals surface area contributed by atoms with Gasteiger partial charge in [-0.1, -0.05) is 37.3 Å². The van der Waals surface area contributed by atoms with Gasteiger partial charge in [0.05, 0.1) is 18.3 Å². The van der Waals surface area contributed by atoms with Crippen LogP contribution in [0, 0.1) is 20.8 Å². The van der Waals surface area contributed by atoms with Gasteiger partial charge in [0.2, 0.25) is 0 Å². The number of hydrogen-bond donors (Lipinski definition) is 1. The van der Waals surface area contributed by atoms with E-state index in [4.69, 9.17) is 0 Å². The van der Waals surface area contributed by atoms with Crippen molar-refractivity contribution >= 4 is 0 Å².